The molecule has 0 saturated carbocycles. The van der Waals surface area contributed by atoms with Gasteiger partial charge in [-0.3, -0.25) is 5.41 Å². The minimum absolute atomic E-state index is 0.662. The number of fused-ring (bicyclic) bond motifs is 2. The number of aryl methyl sites for hydroxylation is 1. The fourth-order valence-corrected chi connectivity index (χ4v) is 7.58. The smallest absolute Gasteiger partial charge is 0.108 e. The van der Waals surface area contributed by atoms with Crippen LogP contribution in [0.2, 0.25) is 0 Å². The summed E-state index contributed by atoms with van der Waals surface area (Å²) >= 11 is 3.54. The van der Waals surface area contributed by atoms with Gasteiger partial charge >= 0.3 is 0 Å². The highest BCUT2D eigenvalue weighted by Gasteiger charge is 2.20. The SMILES string of the molecule is CCN(CC)c1cc2[pH]c3cc(=N)sc-3c(-c3ccccc3C)c2s1. The van der Waals surface area contributed by atoms with Crippen molar-refractivity contribution in [1.82, 2.24) is 0 Å². The minimum Gasteiger partial charge on any atom is -0.364 e. The molecule has 1 aromatic carbocycles. The molecule has 5 heteroatoms. The van der Waals surface area contributed by atoms with E-state index in [2.05, 4.69) is 62.1 Å². The van der Waals surface area contributed by atoms with E-state index >= 15 is 0 Å². The van der Waals surface area contributed by atoms with E-state index < -0.39 is 0 Å². The third kappa shape index (κ3) is 2.83. The third-order valence-electron chi connectivity index (χ3n) is 4.66. The fourth-order valence-electron chi connectivity index (χ4n) is 3.36. The second-order valence-electron chi connectivity index (χ2n) is 6.17. The van der Waals surface area contributed by atoms with E-state index in [1.165, 1.54) is 41.7 Å². The van der Waals surface area contributed by atoms with Crippen LogP contribution in [-0.2, 0) is 0 Å². The molecule has 2 aliphatic heterocycles. The lowest BCUT2D eigenvalue weighted by Gasteiger charge is -2.17. The lowest BCUT2D eigenvalue weighted by atomic mass is 10.0. The van der Waals surface area contributed by atoms with Gasteiger partial charge in [-0.05, 0) is 44.0 Å². The summed E-state index contributed by atoms with van der Waals surface area (Å²) in [5.41, 5.74) is 3.95. The lowest BCUT2D eigenvalue weighted by molar-refractivity contribution is 0.877. The Morgan fingerprint density at radius 3 is 2.56 bits per heavy atom. The van der Waals surface area contributed by atoms with E-state index in [4.69, 9.17) is 5.41 Å². The number of hydrogen-bond donors (Lipinski definition) is 1. The topological polar surface area (TPSA) is 27.1 Å². The van der Waals surface area contributed by atoms with Crippen molar-refractivity contribution in [3.63, 3.8) is 0 Å². The van der Waals surface area contributed by atoms with Gasteiger partial charge in [0.1, 0.15) is 4.67 Å². The van der Waals surface area contributed by atoms with Crippen molar-refractivity contribution in [2.24, 2.45) is 0 Å². The number of hydrogen-bond acceptors (Lipinski definition) is 4. The van der Waals surface area contributed by atoms with Crippen LogP contribution in [0.25, 0.3) is 31.1 Å². The summed E-state index contributed by atoms with van der Waals surface area (Å²) in [5.74, 6) is 0. The average Bonchev–Trinajstić information content (AvgIpc) is 3.17. The van der Waals surface area contributed by atoms with Gasteiger partial charge in [0.25, 0.3) is 0 Å². The van der Waals surface area contributed by atoms with Crippen LogP contribution in [0.15, 0.2) is 36.4 Å². The molecule has 2 aromatic rings. The first-order chi connectivity index (χ1) is 12.1. The van der Waals surface area contributed by atoms with Gasteiger partial charge in [0.05, 0.1) is 5.00 Å². The highest BCUT2D eigenvalue weighted by atomic mass is 32.1. The molecule has 0 radical (unpaired) electrons. The first-order valence-corrected chi connectivity index (χ1v) is 11.2. The first kappa shape index (κ1) is 16.8. The molecular weight excluding hydrogens is 363 g/mol. The van der Waals surface area contributed by atoms with Gasteiger partial charge < -0.3 is 4.90 Å². The predicted molar refractivity (Wildman–Crippen MR) is 115 cm³/mol. The molecule has 1 aromatic heterocycles. The van der Waals surface area contributed by atoms with Crippen molar-refractivity contribution in [3.8, 4) is 21.3 Å². The number of benzene rings is 1. The van der Waals surface area contributed by atoms with E-state index in [0.717, 1.165) is 13.1 Å². The number of nitrogens with one attached hydrogen (secondary N) is 1. The van der Waals surface area contributed by atoms with Crippen LogP contribution in [0, 0.1) is 12.3 Å². The zero-order valence-corrected chi connectivity index (χ0v) is 17.3. The molecule has 1 atom stereocenters. The van der Waals surface area contributed by atoms with Gasteiger partial charge in [-0.25, -0.2) is 0 Å². The number of nitrogens with zero attached hydrogens (tertiary/aromatic N) is 1. The van der Waals surface area contributed by atoms with E-state index in [1.807, 2.05) is 11.3 Å². The second-order valence-corrected chi connectivity index (χ2v) is 9.58. The molecule has 0 fully saturated rings. The van der Waals surface area contributed by atoms with E-state index in [-0.39, 0.29) is 0 Å². The average molecular weight is 385 g/mol. The summed E-state index contributed by atoms with van der Waals surface area (Å²) in [5, 5.41) is 12.3. The Hall–Kier alpha value is -1.61. The predicted octanol–water partition coefficient (Wildman–Crippen LogP) is 6.40. The van der Waals surface area contributed by atoms with E-state index in [0.29, 0.717) is 12.9 Å². The first-order valence-electron chi connectivity index (χ1n) is 8.57. The molecule has 0 saturated heterocycles. The Morgan fingerprint density at radius 2 is 1.84 bits per heavy atom. The summed E-state index contributed by atoms with van der Waals surface area (Å²) in [6.07, 6.45) is 0. The van der Waals surface area contributed by atoms with E-state index in [1.54, 1.807) is 11.3 Å². The van der Waals surface area contributed by atoms with Gasteiger partial charge in [0.2, 0.25) is 0 Å². The molecule has 1 N–H and O–H groups in total. The molecular formula is C20H21N2PS2. The fraction of sp³-hybridized carbons (Fsp3) is 0.250. The summed E-state index contributed by atoms with van der Waals surface area (Å²) in [7, 11) is 0.662. The number of thiophene rings is 2. The van der Waals surface area contributed by atoms with Crippen molar-refractivity contribution in [3.05, 3.63) is 46.6 Å². The molecule has 0 spiro atoms. The standard InChI is InChI=1S/C20H21N2PS2/c1-4-22(5-2)17-11-15-20(25-17)18(13-9-7-6-8-12(13)3)19-14(23-15)10-16(21)24-19/h6-11,21,23H,4-5H2,1-3H3. The largest absolute Gasteiger partial charge is 0.364 e. The minimum atomic E-state index is 0.662. The second kappa shape index (κ2) is 6.60. The van der Waals surface area contributed by atoms with Crippen LogP contribution in [0.3, 0.4) is 0 Å². The zero-order valence-electron chi connectivity index (χ0n) is 14.6. The quantitative estimate of drug-likeness (QED) is 0.433. The molecule has 25 heavy (non-hydrogen) atoms. The van der Waals surface area contributed by atoms with Crippen molar-refractivity contribution in [2.45, 2.75) is 20.8 Å². The van der Waals surface area contributed by atoms with Crippen LogP contribution in [-0.4, -0.2) is 13.1 Å². The van der Waals surface area contributed by atoms with Crippen LogP contribution in [0.1, 0.15) is 19.4 Å². The van der Waals surface area contributed by atoms with Crippen molar-refractivity contribution in [2.75, 3.05) is 18.0 Å². The Labute approximate surface area is 157 Å². The van der Waals surface area contributed by atoms with Crippen LogP contribution in [0.5, 0.6) is 0 Å². The molecule has 0 aliphatic carbocycles. The van der Waals surface area contributed by atoms with Gasteiger partial charge in [0.15, 0.2) is 0 Å². The molecule has 2 nitrogen and oxygen atoms in total. The summed E-state index contributed by atoms with van der Waals surface area (Å²) < 4.78 is 2.08. The zero-order chi connectivity index (χ0) is 17.6. The van der Waals surface area contributed by atoms with Crippen LogP contribution in [0.4, 0.5) is 5.00 Å². The van der Waals surface area contributed by atoms with Crippen LogP contribution >= 0.6 is 30.9 Å². The van der Waals surface area contributed by atoms with Crippen molar-refractivity contribution in [1.29, 1.82) is 5.41 Å². The third-order valence-corrected chi connectivity index (χ3v) is 8.53. The maximum absolute atomic E-state index is 8.13. The highest BCUT2D eigenvalue weighted by molar-refractivity contribution is 7.44. The Bertz CT molecular complexity index is 1070. The summed E-state index contributed by atoms with van der Waals surface area (Å²) in [6, 6.07) is 13.1. The van der Waals surface area contributed by atoms with Gasteiger partial charge in [-0.1, -0.05) is 24.3 Å². The van der Waals surface area contributed by atoms with Crippen molar-refractivity contribution >= 4 is 45.7 Å². The summed E-state index contributed by atoms with van der Waals surface area (Å²) in [6.45, 7) is 8.71. The number of rotatable bonds is 4. The number of anilines is 1. The Balaban J connectivity index is 2.09. The van der Waals surface area contributed by atoms with Gasteiger partial charge in [0, 0.05) is 38.6 Å². The summed E-state index contributed by atoms with van der Waals surface area (Å²) in [4.78, 5) is 3.74. The van der Waals surface area contributed by atoms with Crippen LogP contribution < -0.4 is 9.57 Å². The monoisotopic (exact) mass is 384 g/mol. The Morgan fingerprint density at radius 1 is 1.08 bits per heavy atom. The van der Waals surface area contributed by atoms with Crippen molar-refractivity contribution < 1.29 is 0 Å². The molecule has 4 rings (SSSR count). The molecule has 1 unspecified atom stereocenters. The molecule has 3 heterocycles. The van der Waals surface area contributed by atoms with E-state index in [9.17, 15) is 0 Å². The normalized spacial score (nSPS) is 11.8. The lowest BCUT2D eigenvalue weighted by Crippen LogP contribution is -2.20. The van der Waals surface area contributed by atoms with Gasteiger partial charge in [-0.2, -0.15) is 0 Å². The molecule has 128 valence electrons. The molecule has 0 bridgehead atoms. The van der Waals surface area contributed by atoms with Gasteiger partial charge in [-0.15, -0.1) is 30.9 Å². The molecule has 0 amide bonds. The highest BCUT2D eigenvalue weighted by Crippen LogP contribution is 2.52. The Kier molecular flexibility index (Phi) is 4.45. The maximum Gasteiger partial charge on any atom is 0.108 e. The maximum atomic E-state index is 8.13. The molecule has 2 aliphatic rings.